The molecule has 4 aromatic rings. The van der Waals surface area contributed by atoms with Crippen LogP contribution < -0.4 is 9.47 Å². The largest absolute Gasteiger partial charge is 0.494 e. The molecule has 2 aromatic carbocycles. The Morgan fingerprint density at radius 1 is 1.15 bits per heavy atom. The van der Waals surface area contributed by atoms with Crippen molar-refractivity contribution < 1.29 is 13.9 Å². The molecular formula is C26H25FN4O2. The Labute approximate surface area is 191 Å². The summed E-state index contributed by atoms with van der Waals surface area (Å²) in [4.78, 5) is 6.71. The summed E-state index contributed by atoms with van der Waals surface area (Å²) < 4.78 is 27.3. The lowest BCUT2D eigenvalue weighted by Gasteiger charge is -2.14. The molecule has 1 aliphatic rings. The number of likely N-dealkylation sites (tertiary alicyclic amines) is 1. The van der Waals surface area contributed by atoms with Crippen molar-refractivity contribution in [2.45, 2.75) is 12.5 Å². The van der Waals surface area contributed by atoms with Gasteiger partial charge in [-0.05, 0) is 48.9 Å². The fourth-order valence-electron chi connectivity index (χ4n) is 4.37. The first-order valence-electron chi connectivity index (χ1n) is 10.9. The van der Waals surface area contributed by atoms with E-state index >= 15 is 0 Å². The molecule has 1 saturated heterocycles. The van der Waals surface area contributed by atoms with Crippen molar-refractivity contribution in [3.8, 4) is 28.5 Å². The van der Waals surface area contributed by atoms with Crippen LogP contribution in [-0.2, 0) is 0 Å². The lowest BCUT2D eigenvalue weighted by molar-refractivity contribution is 0.353. The predicted molar refractivity (Wildman–Crippen MR) is 126 cm³/mol. The second-order valence-corrected chi connectivity index (χ2v) is 8.08. The highest BCUT2D eigenvalue weighted by atomic mass is 19.1. The van der Waals surface area contributed by atoms with Gasteiger partial charge in [0.1, 0.15) is 11.4 Å². The van der Waals surface area contributed by atoms with Gasteiger partial charge in [0.2, 0.25) is 5.82 Å². The van der Waals surface area contributed by atoms with Crippen LogP contribution in [0.2, 0.25) is 0 Å². The molecule has 1 fully saturated rings. The zero-order chi connectivity index (χ0) is 22.8. The molecule has 0 unspecified atom stereocenters. The van der Waals surface area contributed by atoms with Crippen molar-refractivity contribution in [2.75, 3.05) is 26.7 Å². The smallest absolute Gasteiger partial charge is 0.207 e. The fraction of sp³-hybridized carbons (Fsp3) is 0.231. The minimum Gasteiger partial charge on any atom is -0.494 e. The molecule has 33 heavy (non-hydrogen) atoms. The van der Waals surface area contributed by atoms with E-state index in [4.69, 9.17) is 14.6 Å². The summed E-state index contributed by atoms with van der Waals surface area (Å²) in [7, 11) is 1.43. The standard InChI is InChI=1S/C26H25FN4O2/c1-3-14-30-15-12-19(17-30)31-22-11-13-28-16-21(22)26(29-31)18-7-9-20(10-8-18)33-24-6-4-5-23(32-2)25(24)27/h3-11,13,16,19H,1,12,14-15,17H2,2H3/t19-/m0/s1. The maximum Gasteiger partial charge on any atom is 0.207 e. The van der Waals surface area contributed by atoms with E-state index in [1.165, 1.54) is 7.11 Å². The summed E-state index contributed by atoms with van der Waals surface area (Å²) in [6.07, 6.45) is 6.66. The summed E-state index contributed by atoms with van der Waals surface area (Å²) >= 11 is 0. The van der Waals surface area contributed by atoms with Gasteiger partial charge in [0.15, 0.2) is 11.5 Å². The van der Waals surface area contributed by atoms with E-state index < -0.39 is 5.82 Å². The minimum atomic E-state index is -0.526. The van der Waals surface area contributed by atoms with Gasteiger partial charge in [-0.15, -0.1) is 6.58 Å². The molecule has 1 atom stereocenters. The Morgan fingerprint density at radius 3 is 2.76 bits per heavy atom. The Bertz CT molecular complexity index is 1290. The second kappa shape index (κ2) is 9.03. The van der Waals surface area contributed by atoms with E-state index in [-0.39, 0.29) is 11.5 Å². The number of nitrogens with zero attached hydrogens (tertiary/aromatic N) is 4. The summed E-state index contributed by atoms with van der Waals surface area (Å²) in [5.41, 5.74) is 2.90. The normalized spacial score (nSPS) is 16.2. The lowest BCUT2D eigenvalue weighted by atomic mass is 10.1. The van der Waals surface area contributed by atoms with E-state index in [1.807, 2.05) is 42.6 Å². The summed E-state index contributed by atoms with van der Waals surface area (Å²) in [5.74, 6) is 0.268. The summed E-state index contributed by atoms with van der Waals surface area (Å²) in [6, 6.07) is 14.7. The van der Waals surface area contributed by atoms with E-state index in [1.54, 1.807) is 24.4 Å². The van der Waals surface area contributed by atoms with Crippen molar-refractivity contribution in [3.05, 3.63) is 79.4 Å². The molecule has 1 aliphatic heterocycles. The quantitative estimate of drug-likeness (QED) is 0.354. The van der Waals surface area contributed by atoms with Gasteiger partial charge in [-0.1, -0.05) is 12.1 Å². The number of pyridine rings is 1. The van der Waals surface area contributed by atoms with Gasteiger partial charge >= 0.3 is 0 Å². The first kappa shape index (κ1) is 21.2. The van der Waals surface area contributed by atoms with Crippen LogP contribution in [0.15, 0.2) is 73.6 Å². The maximum atomic E-state index is 14.4. The van der Waals surface area contributed by atoms with Gasteiger partial charge in [-0.3, -0.25) is 14.6 Å². The zero-order valence-electron chi connectivity index (χ0n) is 18.4. The Morgan fingerprint density at radius 2 is 1.97 bits per heavy atom. The number of ether oxygens (including phenoxy) is 2. The monoisotopic (exact) mass is 444 g/mol. The van der Waals surface area contributed by atoms with E-state index in [0.29, 0.717) is 11.8 Å². The van der Waals surface area contributed by atoms with Crippen molar-refractivity contribution in [3.63, 3.8) is 0 Å². The molecule has 0 spiro atoms. The van der Waals surface area contributed by atoms with Crippen LogP contribution in [0.3, 0.4) is 0 Å². The number of halogens is 1. The molecule has 3 heterocycles. The molecular weight excluding hydrogens is 419 g/mol. The van der Waals surface area contributed by atoms with Crippen LogP contribution in [0.5, 0.6) is 17.2 Å². The van der Waals surface area contributed by atoms with Gasteiger partial charge in [0.25, 0.3) is 0 Å². The first-order valence-corrected chi connectivity index (χ1v) is 10.9. The molecule has 2 aromatic heterocycles. The molecule has 0 saturated carbocycles. The van der Waals surface area contributed by atoms with E-state index in [2.05, 4.69) is 21.1 Å². The minimum absolute atomic E-state index is 0.117. The van der Waals surface area contributed by atoms with Crippen molar-refractivity contribution >= 4 is 10.9 Å². The number of hydrogen-bond acceptors (Lipinski definition) is 5. The Balaban J connectivity index is 1.44. The van der Waals surface area contributed by atoms with Crippen LogP contribution in [0.25, 0.3) is 22.2 Å². The Hall–Kier alpha value is -3.71. The van der Waals surface area contributed by atoms with Gasteiger partial charge < -0.3 is 9.47 Å². The highest BCUT2D eigenvalue weighted by Crippen LogP contribution is 2.34. The number of rotatable bonds is 7. The molecule has 0 aliphatic carbocycles. The van der Waals surface area contributed by atoms with Crippen molar-refractivity contribution in [1.29, 1.82) is 0 Å². The van der Waals surface area contributed by atoms with Gasteiger partial charge in [0.05, 0.1) is 18.7 Å². The van der Waals surface area contributed by atoms with Crippen LogP contribution in [0, 0.1) is 5.82 Å². The average Bonchev–Trinajstić information content (AvgIpc) is 3.46. The number of benzene rings is 2. The molecule has 0 amide bonds. The predicted octanol–water partition coefficient (Wildman–Crippen LogP) is 5.47. The highest BCUT2D eigenvalue weighted by Gasteiger charge is 2.26. The summed E-state index contributed by atoms with van der Waals surface area (Å²) in [6.45, 7) is 6.72. The average molecular weight is 445 g/mol. The van der Waals surface area contributed by atoms with Crippen LogP contribution in [0.4, 0.5) is 4.39 Å². The molecule has 0 N–H and O–H groups in total. The van der Waals surface area contributed by atoms with E-state index in [0.717, 1.165) is 48.2 Å². The molecule has 6 nitrogen and oxygen atoms in total. The lowest BCUT2D eigenvalue weighted by Crippen LogP contribution is -2.21. The van der Waals surface area contributed by atoms with Crippen molar-refractivity contribution in [2.24, 2.45) is 0 Å². The van der Waals surface area contributed by atoms with Gasteiger partial charge in [-0.25, -0.2) is 0 Å². The third kappa shape index (κ3) is 4.07. The van der Waals surface area contributed by atoms with Crippen molar-refractivity contribution in [1.82, 2.24) is 19.7 Å². The molecule has 7 heteroatoms. The third-order valence-corrected chi connectivity index (χ3v) is 5.99. The number of methoxy groups -OCH3 is 1. The van der Waals surface area contributed by atoms with Crippen LogP contribution in [0.1, 0.15) is 12.5 Å². The summed E-state index contributed by atoms with van der Waals surface area (Å²) in [5, 5.41) is 6.00. The van der Waals surface area contributed by atoms with E-state index in [9.17, 15) is 4.39 Å². The van der Waals surface area contributed by atoms with Gasteiger partial charge in [0, 0.05) is 43.0 Å². The second-order valence-electron chi connectivity index (χ2n) is 8.08. The molecule has 0 radical (unpaired) electrons. The SMILES string of the molecule is C=CCN1CC[C@H](n2nc(-c3ccc(Oc4cccc(OC)c4F)cc3)c3cnccc32)C1. The first-order chi connectivity index (χ1) is 16.2. The number of aromatic nitrogens is 3. The van der Waals surface area contributed by atoms with Crippen LogP contribution in [-0.4, -0.2) is 46.4 Å². The van der Waals surface area contributed by atoms with Gasteiger partial charge in [-0.2, -0.15) is 9.49 Å². The molecule has 0 bridgehead atoms. The highest BCUT2D eigenvalue weighted by molar-refractivity contribution is 5.92. The van der Waals surface area contributed by atoms with Crippen LogP contribution >= 0.6 is 0 Å². The Kier molecular flexibility index (Phi) is 5.79. The zero-order valence-corrected chi connectivity index (χ0v) is 18.4. The fourth-order valence-corrected chi connectivity index (χ4v) is 4.37. The molecule has 5 rings (SSSR count). The topological polar surface area (TPSA) is 52.4 Å². The maximum absolute atomic E-state index is 14.4. The number of hydrogen-bond donors (Lipinski definition) is 0. The molecule has 168 valence electrons. The number of fused-ring (bicyclic) bond motifs is 1. The third-order valence-electron chi connectivity index (χ3n) is 5.99.